The van der Waals surface area contributed by atoms with E-state index in [1.165, 1.54) is 29.4 Å². The van der Waals surface area contributed by atoms with Crippen molar-refractivity contribution in [3.8, 4) is 0 Å². The number of fused-ring (bicyclic) bond motifs is 2. The number of nitrogens with one attached hydrogen (secondary N) is 1. The lowest BCUT2D eigenvalue weighted by Gasteiger charge is -2.36. The molecule has 3 aromatic rings. The summed E-state index contributed by atoms with van der Waals surface area (Å²) in [6.07, 6.45) is 6.41. The summed E-state index contributed by atoms with van der Waals surface area (Å²) in [6.45, 7) is 5.07. The van der Waals surface area contributed by atoms with E-state index in [0.717, 1.165) is 30.5 Å². The van der Waals surface area contributed by atoms with Crippen LogP contribution in [-0.4, -0.2) is 25.6 Å². The number of aryl methyl sites for hydroxylation is 1. The predicted octanol–water partition coefficient (Wildman–Crippen LogP) is 5.05. The second kappa shape index (κ2) is 8.08. The van der Waals surface area contributed by atoms with Crippen LogP contribution in [0.4, 0.5) is 0 Å². The highest BCUT2D eigenvalue weighted by atomic mass is 32.2. The third-order valence-corrected chi connectivity index (χ3v) is 8.11. The van der Waals surface area contributed by atoms with Crippen LogP contribution in [0.2, 0.25) is 0 Å². The number of hydrogen-bond acceptors (Lipinski definition) is 4. The maximum Gasteiger partial charge on any atom is 0.298 e. The Bertz CT molecular complexity index is 1200. The zero-order chi connectivity index (χ0) is 21.6. The lowest BCUT2D eigenvalue weighted by molar-refractivity contribution is 0.134. The van der Waals surface area contributed by atoms with Gasteiger partial charge in [0.25, 0.3) is 10.1 Å². The van der Waals surface area contributed by atoms with Crippen molar-refractivity contribution in [3.05, 3.63) is 65.4 Å². The number of aromatic nitrogens is 1. The Labute approximate surface area is 184 Å². The van der Waals surface area contributed by atoms with Crippen molar-refractivity contribution in [2.24, 2.45) is 0 Å². The zero-order valence-corrected chi connectivity index (χ0v) is 19.0. The van der Waals surface area contributed by atoms with Gasteiger partial charge in [0.15, 0.2) is 6.23 Å². The summed E-state index contributed by atoms with van der Waals surface area (Å²) >= 11 is 0. The van der Waals surface area contributed by atoms with Gasteiger partial charge in [-0.1, -0.05) is 43.2 Å². The Hall–Kier alpha value is -2.15. The molecule has 1 aliphatic heterocycles. The highest BCUT2D eigenvalue weighted by Gasteiger charge is 2.34. The maximum absolute atomic E-state index is 13.1. The van der Waals surface area contributed by atoms with Crippen molar-refractivity contribution >= 4 is 21.0 Å². The molecule has 31 heavy (non-hydrogen) atoms. The molecule has 0 amide bonds. The Morgan fingerprint density at radius 3 is 2.77 bits per heavy atom. The molecule has 1 aliphatic carbocycles. The smallest absolute Gasteiger partial charge is 0.298 e. The Morgan fingerprint density at radius 1 is 1.19 bits per heavy atom. The van der Waals surface area contributed by atoms with E-state index in [1.54, 1.807) is 24.3 Å². The molecule has 0 bridgehead atoms. The maximum atomic E-state index is 13.1. The molecule has 5 nitrogen and oxygen atoms in total. The first-order valence-corrected chi connectivity index (χ1v) is 12.7. The number of nitrogens with zero attached hydrogens (tertiary/aromatic N) is 1. The van der Waals surface area contributed by atoms with Gasteiger partial charge >= 0.3 is 0 Å². The lowest BCUT2D eigenvalue weighted by atomic mass is 9.76. The van der Waals surface area contributed by atoms with Gasteiger partial charge in [0.1, 0.15) is 0 Å². The molecule has 1 unspecified atom stereocenters. The second-order valence-corrected chi connectivity index (χ2v) is 10.5. The Balaban J connectivity index is 1.56. The molecule has 0 saturated carbocycles. The molecule has 1 fully saturated rings. The molecule has 164 valence electrons. The van der Waals surface area contributed by atoms with E-state index in [4.69, 9.17) is 4.18 Å². The van der Waals surface area contributed by atoms with Crippen molar-refractivity contribution in [1.82, 2.24) is 9.88 Å². The fourth-order valence-electron chi connectivity index (χ4n) is 5.29. The first kappa shape index (κ1) is 20.7. The van der Waals surface area contributed by atoms with Crippen LogP contribution in [0.25, 0.3) is 10.9 Å². The third-order valence-electron chi connectivity index (χ3n) is 6.79. The van der Waals surface area contributed by atoms with Crippen LogP contribution in [0.3, 0.4) is 0 Å². The van der Waals surface area contributed by atoms with Gasteiger partial charge in [0.2, 0.25) is 0 Å². The molecule has 3 atom stereocenters. The van der Waals surface area contributed by atoms with Crippen molar-refractivity contribution < 1.29 is 12.6 Å². The molecule has 5 rings (SSSR count). The zero-order valence-electron chi connectivity index (χ0n) is 18.2. The normalized spacial score (nSPS) is 21.7. The monoisotopic (exact) mass is 438 g/mol. The van der Waals surface area contributed by atoms with E-state index >= 15 is 0 Å². The topological polar surface area (TPSA) is 60.3 Å². The highest BCUT2D eigenvalue weighted by molar-refractivity contribution is 7.86. The van der Waals surface area contributed by atoms with E-state index in [9.17, 15) is 8.42 Å². The Morgan fingerprint density at radius 2 is 2.00 bits per heavy atom. The van der Waals surface area contributed by atoms with Crippen LogP contribution < -0.4 is 5.32 Å². The van der Waals surface area contributed by atoms with Crippen molar-refractivity contribution in [2.45, 2.75) is 69.0 Å². The minimum atomic E-state index is -3.86. The molecule has 1 saturated heterocycles. The summed E-state index contributed by atoms with van der Waals surface area (Å²) in [6, 6.07) is 13.8. The van der Waals surface area contributed by atoms with E-state index in [0.29, 0.717) is 18.4 Å². The Kier molecular flexibility index (Phi) is 5.40. The van der Waals surface area contributed by atoms with E-state index < -0.39 is 16.3 Å². The summed E-state index contributed by atoms with van der Waals surface area (Å²) in [5.41, 5.74) is 4.78. The fraction of sp³-hybridized carbons (Fsp3) is 0.440. The highest BCUT2D eigenvalue weighted by Crippen LogP contribution is 2.42. The molecule has 0 radical (unpaired) electrons. The van der Waals surface area contributed by atoms with Crippen LogP contribution >= 0.6 is 0 Å². The molecule has 1 N–H and O–H groups in total. The van der Waals surface area contributed by atoms with Gasteiger partial charge in [-0.05, 0) is 68.5 Å². The largest absolute Gasteiger partial charge is 0.320 e. The number of rotatable bonds is 6. The molecule has 1 aromatic heterocycles. The second-order valence-electron chi connectivity index (χ2n) is 8.92. The first-order chi connectivity index (χ1) is 15.0. The van der Waals surface area contributed by atoms with Crippen LogP contribution in [-0.2, 0) is 20.7 Å². The quantitative estimate of drug-likeness (QED) is 0.548. The van der Waals surface area contributed by atoms with Crippen LogP contribution in [0, 0.1) is 6.92 Å². The number of hydrogen-bond donors (Lipinski definition) is 1. The standard InChI is InChI=1S/C25H30N2O3S/c1-3-6-24(30-31(28,29)19-12-10-17(2)11-13-19)27-16-18-15-22-20(8-5-14-26-22)21-7-4-9-23(27)25(18)21/h4,7,9-13,16,20,22,24,26H,3,5-6,8,14-15H2,1-2H3/t20-,22-,24?/m1/s1. The SMILES string of the molecule is CCCC(OS(=O)(=O)c1ccc(C)cc1)n1cc2c3c(cccc31)[C@H]1CCCN[C@@H]1C2. The van der Waals surface area contributed by atoms with Gasteiger partial charge in [-0.3, -0.25) is 0 Å². The molecule has 2 heterocycles. The molecule has 2 aromatic carbocycles. The lowest BCUT2D eigenvalue weighted by Crippen LogP contribution is -2.43. The minimum Gasteiger partial charge on any atom is -0.320 e. The van der Waals surface area contributed by atoms with Gasteiger partial charge in [0.05, 0.1) is 10.4 Å². The molecule has 6 heteroatoms. The van der Waals surface area contributed by atoms with Crippen LogP contribution in [0.1, 0.15) is 61.4 Å². The van der Waals surface area contributed by atoms with Crippen LogP contribution in [0.15, 0.2) is 53.6 Å². The fourth-order valence-corrected chi connectivity index (χ4v) is 6.35. The van der Waals surface area contributed by atoms with Crippen molar-refractivity contribution in [3.63, 3.8) is 0 Å². The van der Waals surface area contributed by atoms with Crippen LogP contribution in [0.5, 0.6) is 0 Å². The van der Waals surface area contributed by atoms with Crippen molar-refractivity contribution in [1.29, 1.82) is 0 Å². The summed E-state index contributed by atoms with van der Waals surface area (Å²) < 4.78 is 34.0. The van der Waals surface area contributed by atoms with Gasteiger partial charge in [-0.15, -0.1) is 0 Å². The summed E-state index contributed by atoms with van der Waals surface area (Å²) in [7, 11) is -3.86. The average molecular weight is 439 g/mol. The number of piperidine rings is 1. The van der Waals surface area contributed by atoms with Gasteiger partial charge < -0.3 is 9.88 Å². The van der Waals surface area contributed by atoms with Crippen molar-refractivity contribution in [2.75, 3.05) is 6.54 Å². The van der Waals surface area contributed by atoms with Gasteiger partial charge in [-0.25, -0.2) is 4.18 Å². The van der Waals surface area contributed by atoms with E-state index in [-0.39, 0.29) is 4.90 Å². The number of benzene rings is 2. The summed E-state index contributed by atoms with van der Waals surface area (Å²) in [5, 5.41) is 4.99. The third kappa shape index (κ3) is 3.71. The molecule has 0 spiro atoms. The summed E-state index contributed by atoms with van der Waals surface area (Å²) in [5.74, 6) is 0.530. The van der Waals surface area contributed by atoms with Gasteiger partial charge in [0, 0.05) is 23.5 Å². The van der Waals surface area contributed by atoms with Gasteiger partial charge in [-0.2, -0.15) is 8.42 Å². The average Bonchev–Trinajstić information content (AvgIpc) is 3.13. The van der Waals surface area contributed by atoms with E-state index in [2.05, 4.69) is 41.2 Å². The predicted molar refractivity (Wildman–Crippen MR) is 123 cm³/mol. The minimum absolute atomic E-state index is 0.205. The summed E-state index contributed by atoms with van der Waals surface area (Å²) in [4.78, 5) is 0.205. The van der Waals surface area contributed by atoms with E-state index in [1.807, 2.05) is 6.92 Å². The first-order valence-electron chi connectivity index (χ1n) is 11.3. The molecular formula is C25H30N2O3S. The molecule has 2 aliphatic rings. The molecular weight excluding hydrogens is 408 g/mol.